The second-order valence-electron chi connectivity index (χ2n) is 7.61. The van der Waals surface area contributed by atoms with Crippen molar-refractivity contribution in [2.24, 2.45) is 0 Å². The highest BCUT2D eigenvalue weighted by Crippen LogP contribution is 2.37. The van der Waals surface area contributed by atoms with Crippen LogP contribution in [0.5, 0.6) is 0 Å². The third-order valence-electron chi connectivity index (χ3n) is 5.50. The van der Waals surface area contributed by atoms with Crippen LogP contribution in [0, 0.1) is 0 Å². The number of benzene rings is 2. The lowest BCUT2D eigenvalue weighted by Gasteiger charge is -2.29. The van der Waals surface area contributed by atoms with Crippen LogP contribution in [-0.2, 0) is 26.0 Å². The number of anilines is 2. The summed E-state index contributed by atoms with van der Waals surface area (Å²) in [5.74, 6) is -0.331. The van der Waals surface area contributed by atoms with Gasteiger partial charge in [0.1, 0.15) is 6.54 Å². The Morgan fingerprint density at radius 3 is 2.65 bits per heavy atom. The van der Waals surface area contributed by atoms with E-state index in [4.69, 9.17) is 0 Å². The van der Waals surface area contributed by atoms with Crippen LogP contribution in [0.15, 0.2) is 52.3 Å². The lowest BCUT2D eigenvalue weighted by Crippen LogP contribution is -2.41. The first kappa shape index (κ1) is 21.9. The SMILES string of the molecule is CCc1cccc(NC(=O)CN2C(=O)CSc3ccc(S(=O)(=O)N4CCCC4)cc32)c1. The molecule has 9 heteroatoms. The molecule has 4 rings (SSSR count). The summed E-state index contributed by atoms with van der Waals surface area (Å²) in [6, 6.07) is 12.4. The van der Waals surface area contributed by atoms with Gasteiger partial charge in [0.25, 0.3) is 0 Å². The van der Waals surface area contributed by atoms with Crippen molar-refractivity contribution in [3.05, 3.63) is 48.0 Å². The number of nitrogens with one attached hydrogen (secondary N) is 1. The highest BCUT2D eigenvalue weighted by atomic mass is 32.2. The van der Waals surface area contributed by atoms with Crippen molar-refractivity contribution in [1.29, 1.82) is 0 Å². The van der Waals surface area contributed by atoms with E-state index in [-0.39, 0.29) is 29.0 Å². The minimum absolute atomic E-state index is 0.157. The van der Waals surface area contributed by atoms with Gasteiger partial charge in [0.2, 0.25) is 21.8 Å². The fraction of sp³-hybridized carbons (Fsp3) is 0.364. The number of aryl methyl sites for hydroxylation is 1. The smallest absolute Gasteiger partial charge is 0.244 e. The second-order valence-corrected chi connectivity index (χ2v) is 10.6. The number of carbonyl (C=O) groups is 2. The average molecular weight is 460 g/mol. The molecule has 0 atom stereocenters. The van der Waals surface area contributed by atoms with Crippen LogP contribution in [0.1, 0.15) is 25.3 Å². The van der Waals surface area contributed by atoms with Crippen molar-refractivity contribution in [2.75, 3.05) is 35.6 Å². The van der Waals surface area contributed by atoms with Gasteiger partial charge in [0, 0.05) is 23.7 Å². The van der Waals surface area contributed by atoms with E-state index in [9.17, 15) is 18.0 Å². The van der Waals surface area contributed by atoms with Crippen molar-refractivity contribution in [2.45, 2.75) is 36.0 Å². The lowest BCUT2D eigenvalue weighted by molar-refractivity contribution is -0.120. The first-order valence-electron chi connectivity index (χ1n) is 10.3. The second kappa shape index (κ2) is 9.02. The van der Waals surface area contributed by atoms with Gasteiger partial charge >= 0.3 is 0 Å². The summed E-state index contributed by atoms with van der Waals surface area (Å²) in [6.07, 6.45) is 2.56. The van der Waals surface area contributed by atoms with Crippen LogP contribution < -0.4 is 10.2 Å². The van der Waals surface area contributed by atoms with E-state index in [2.05, 4.69) is 5.32 Å². The Morgan fingerprint density at radius 1 is 1.13 bits per heavy atom. The molecule has 164 valence electrons. The summed E-state index contributed by atoms with van der Waals surface area (Å²) in [5.41, 5.74) is 2.25. The predicted octanol–water partition coefficient (Wildman–Crippen LogP) is 3.11. The van der Waals surface area contributed by atoms with Crippen molar-refractivity contribution < 1.29 is 18.0 Å². The highest BCUT2D eigenvalue weighted by Gasteiger charge is 2.31. The number of nitrogens with zero attached hydrogens (tertiary/aromatic N) is 2. The molecule has 1 N–H and O–H groups in total. The fourth-order valence-corrected chi connectivity index (χ4v) is 6.26. The monoisotopic (exact) mass is 459 g/mol. The van der Waals surface area contributed by atoms with E-state index in [1.54, 1.807) is 18.2 Å². The van der Waals surface area contributed by atoms with Crippen LogP contribution in [-0.4, -0.2) is 49.9 Å². The van der Waals surface area contributed by atoms with E-state index in [1.165, 1.54) is 27.0 Å². The van der Waals surface area contributed by atoms with E-state index in [0.717, 1.165) is 29.7 Å². The van der Waals surface area contributed by atoms with Crippen LogP contribution in [0.2, 0.25) is 0 Å². The molecule has 0 spiro atoms. The zero-order valence-corrected chi connectivity index (χ0v) is 19.0. The molecule has 2 aromatic carbocycles. The minimum Gasteiger partial charge on any atom is -0.325 e. The maximum Gasteiger partial charge on any atom is 0.244 e. The predicted molar refractivity (Wildman–Crippen MR) is 122 cm³/mol. The molecule has 0 aromatic heterocycles. The number of carbonyl (C=O) groups excluding carboxylic acids is 2. The summed E-state index contributed by atoms with van der Waals surface area (Å²) in [4.78, 5) is 27.6. The third-order valence-corrected chi connectivity index (χ3v) is 8.44. The molecule has 0 aliphatic carbocycles. The van der Waals surface area contributed by atoms with Gasteiger partial charge in [-0.3, -0.25) is 9.59 Å². The topological polar surface area (TPSA) is 86.8 Å². The minimum atomic E-state index is -3.61. The van der Waals surface area contributed by atoms with Crippen LogP contribution in [0.4, 0.5) is 11.4 Å². The van der Waals surface area contributed by atoms with Crippen LogP contribution in [0.3, 0.4) is 0 Å². The number of fused-ring (bicyclic) bond motifs is 1. The van der Waals surface area contributed by atoms with Crippen molar-refractivity contribution >= 4 is 45.0 Å². The van der Waals surface area contributed by atoms with E-state index in [0.29, 0.717) is 24.5 Å². The Labute approximate surface area is 186 Å². The number of sulfonamides is 1. The zero-order valence-electron chi connectivity index (χ0n) is 17.3. The molecule has 0 bridgehead atoms. The molecule has 2 aliphatic heterocycles. The summed E-state index contributed by atoms with van der Waals surface area (Å²) in [6.45, 7) is 2.89. The molecular formula is C22H25N3O4S2. The Bertz CT molecular complexity index is 1110. The van der Waals surface area contributed by atoms with Gasteiger partial charge in [-0.05, 0) is 55.2 Å². The Kier molecular flexibility index (Phi) is 6.36. The Balaban J connectivity index is 1.58. The summed E-state index contributed by atoms with van der Waals surface area (Å²) < 4.78 is 27.4. The van der Waals surface area contributed by atoms with Gasteiger partial charge in [-0.2, -0.15) is 4.31 Å². The Hall–Kier alpha value is -2.36. The van der Waals surface area contributed by atoms with Crippen LogP contribution in [0.25, 0.3) is 0 Å². The number of thioether (sulfide) groups is 1. The molecule has 2 amide bonds. The van der Waals surface area contributed by atoms with Crippen molar-refractivity contribution in [3.63, 3.8) is 0 Å². The third kappa shape index (κ3) is 4.63. The van der Waals surface area contributed by atoms with Gasteiger partial charge in [0.15, 0.2) is 0 Å². The van der Waals surface area contributed by atoms with Crippen molar-refractivity contribution in [1.82, 2.24) is 4.31 Å². The maximum atomic E-state index is 13.0. The quantitative estimate of drug-likeness (QED) is 0.717. The summed E-state index contributed by atoms with van der Waals surface area (Å²) in [7, 11) is -3.61. The lowest BCUT2D eigenvalue weighted by atomic mass is 10.1. The number of amides is 2. The first-order chi connectivity index (χ1) is 14.9. The Morgan fingerprint density at radius 2 is 1.90 bits per heavy atom. The summed E-state index contributed by atoms with van der Waals surface area (Å²) >= 11 is 1.36. The zero-order chi connectivity index (χ0) is 22.0. The van der Waals surface area contributed by atoms with E-state index < -0.39 is 10.0 Å². The molecule has 0 unspecified atom stereocenters. The molecule has 7 nitrogen and oxygen atoms in total. The van der Waals surface area contributed by atoms with Gasteiger partial charge in [-0.15, -0.1) is 11.8 Å². The molecular weight excluding hydrogens is 434 g/mol. The number of rotatable bonds is 6. The summed E-state index contributed by atoms with van der Waals surface area (Å²) in [5, 5.41) is 2.84. The molecule has 1 fully saturated rings. The van der Waals surface area contributed by atoms with E-state index >= 15 is 0 Å². The highest BCUT2D eigenvalue weighted by molar-refractivity contribution is 8.00. The number of hydrogen-bond acceptors (Lipinski definition) is 5. The maximum absolute atomic E-state index is 13.0. The molecule has 2 aromatic rings. The van der Waals surface area contributed by atoms with Gasteiger partial charge in [-0.25, -0.2) is 8.42 Å². The van der Waals surface area contributed by atoms with Gasteiger partial charge < -0.3 is 10.2 Å². The standard InChI is InChI=1S/C22H25N3O4S2/c1-2-16-6-5-7-17(12-16)23-21(26)14-25-19-13-18(8-9-20(19)30-15-22(25)27)31(28,29)24-10-3-4-11-24/h5-9,12-13H,2-4,10-11,14-15H2,1H3,(H,23,26). The molecule has 2 heterocycles. The molecule has 0 radical (unpaired) electrons. The molecule has 1 saturated heterocycles. The largest absolute Gasteiger partial charge is 0.325 e. The average Bonchev–Trinajstić information content (AvgIpc) is 3.31. The van der Waals surface area contributed by atoms with Crippen LogP contribution >= 0.6 is 11.8 Å². The molecule has 0 saturated carbocycles. The fourth-order valence-electron chi connectivity index (χ4n) is 3.81. The van der Waals surface area contributed by atoms with Crippen molar-refractivity contribution in [3.8, 4) is 0 Å². The molecule has 2 aliphatic rings. The first-order valence-corrected chi connectivity index (χ1v) is 12.8. The normalized spacial score (nSPS) is 16.9. The van der Waals surface area contributed by atoms with Gasteiger partial charge in [-0.1, -0.05) is 19.1 Å². The molecule has 31 heavy (non-hydrogen) atoms. The van der Waals surface area contributed by atoms with Gasteiger partial charge in [0.05, 0.1) is 16.3 Å². The number of hydrogen-bond donors (Lipinski definition) is 1. The van der Waals surface area contributed by atoms with E-state index in [1.807, 2.05) is 25.1 Å².